The molecule has 1 aromatic rings. The van der Waals surface area contributed by atoms with Crippen LogP contribution < -0.4 is 10.5 Å². The standard InChI is InChI=1S/C15H19NO2/c1-9-6-10(2)14(13(7-9)18-3)15(17)11-4-5-12(16)8-11/h4-7,11-12H,8,16H2,1-3H3. The molecular formula is C15H19NO2. The van der Waals surface area contributed by atoms with E-state index in [1.165, 1.54) is 0 Å². The van der Waals surface area contributed by atoms with Crippen LogP contribution in [0.1, 0.15) is 27.9 Å². The van der Waals surface area contributed by atoms with Crippen LogP contribution in [0.5, 0.6) is 5.75 Å². The van der Waals surface area contributed by atoms with Gasteiger partial charge in [0.2, 0.25) is 0 Å². The second kappa shape index (κ2) is 4.94. The minimum Gasteiger partial charge on any atom is -0.496 e. The third kappa shape index (κ3) is 2.31. The molecule has 3 heteroatoms. The monoisotopic (exact) mass is 245 g/mol. The summed E-state index contributed by atoms with van der Waals surface area (Å²) in [6.07, 6.45) is 4.50. The van der Waals surface area contributed by atoms with Crippen molar-refractivity contribution in [1.29, 1.82) is 0 Å². The van der Waals surface area contributed by atoms with Gasteiger partial charge in [0.15, 0.2) is 5.78 Å². The van der Waals surface area contributed by atoms with Gasteiger partial charge < -0.3 is 10.5 Å². The van der Waals surface area contributed by atoms with Gasteiger partial charge in [-0.15, -0.1) is 0 Å². The summed E-state index contributed by atoms with van der Waals surface area (Å²) < 4.78 is 5.34. The highest BCUT2D eigenvalue weighted by Crippen LogP contribution is 2.30. The van der Waals surface area contributed by atoms with Gasteiger partial charge in [0.1, 0.15) is 5.75 Å². The Labute approximate surface area is 108 Å². The van der Waals surface area contributed by atoms with Gasteiger partial charge in [-0.3, -0.25) is 4.79 Å². The molecule has 0 amide bonds. The summed E-state index contributed by atoms with van der Waals surface area (Å²) in [5, 5.41) is 0. The Morgan fingerprint density at radius 1 is 1.33 bits per heavy atom. The number of ether oxygens (including phenoxy) is 1. The van der Waals surface area contributed by atoms with E-state index in [4.69, 9.17) is 10.5 Å². The molecule has 3 nitrogen and oxygen atoms in total. The smallest absolute Gasteiger partial charge is 0.173 e. The molecule has 0 spiro atoms. The molecular weight excluding hydrogens is 226 g/mol. The predicted molar refractivity (Wildman–Crippen MR) is 72.0 cm³/mol. The first-order chi connectivity index (χ1) is 8.52. The van der Waals surface area contributed by atoms with Crippen molar-refractivity contribution in [2.75, 3.05) is 7.11 Å². The molecule has 0 radical (unpaired) electrons. The van der Waals surface area contributed by atoms with Gasteiger partial charge in [0.25, 0.3) is 0 Å². The zero-order valence-corrected chi connectivity index (χ0v) is 11.1. The number of methoxy groups -OCH3 is 1. The number of Topliss-reactive ketones (excluding diaryl/α,β-unsaturated/α-hetero) is 1. The van der Waals surface area contributed by atoms with Crippen LogP contribution in [0, 0.1) is 19.8 Å². The Morgan fingerprint density at radius 3 is 2.61 bits per heavy atom. The number of rotatable bonds is 3. The molecule has 0 saturated carbocycles. The average Bonchev–Trinajstić information content (AvgIpc) is 2.74. The molecule has 0 fully saturated rings. The topological polar surface area (TPSA) is 52.3 Å². The van der Waals surface area contributed by atoms with E-state index in [-0.39, 0.29) is 17.7 Å². The van der Waals surface area contributed by atoms with Crippen molar-refractivity contribution in [1.82, 2.24) is 0 Å². The van der Waals surface area contributed by atoms with Crippen molar-refractivity contribution in [2.45, 2.75) is 26.3 Å². The van der Waals surface area contributed by atoms with E-state index in [1.807, 2.05) is 38.1 Å². The summed E-state index contributed by atoms with van der Waals surface area (Å²) in [7, 11) is 1.60. The van der Waals surface area contributed by atoms with E-state index in [2.05, 4.69) is 0 Å². The quantitative estimate of drug-likeness (QED) is 0.657. The minimum atomic E-state index is -0.115. The molecule has 0 bridgehead atoms. The van der Waals surface area contributed by atoms with Crippen molar-refractivity contribution in [3.8, 4) is 5.75 Å². The lowest BCUT2D eigenvalue weighted by Gasteiger charge is -2.15. The first-order valence-electron chi connectivity index (χ1n) is 6.16. The fraction of sp³-hybridized carbons (Fsp3) is 0.400. The van der Waals surface area contributed by atoms with Crippen LogP contribution in [0.2, 0.25) is 0 Å². The van der Waals surface area contributed by atoms with Gasteiger partial charge in [-0.25, -0.2) is 0 Å². The van der Waals surface area contributed by atoms with Crippen LogP contribution in [0.3, 0.4) is 0 Å². The molecule has 1 aliphatic carbocycles. The number of carbonyl (C=O) groups is 1. The van der Waals surface area contributed by atoms with Gasteiger partial charge in [0.05, 0.1) is 12.7 Å². The molecule has 0 saturated heterocycles. The van der Waals surface area contributed by atoms with E-state index >= 15 is 0 Å². The van der Waals surface area contributed by atoms with Crippen molar-refractivity contribution < 1.29 is 9.53 Å². The van der Waals surface area contributed by atoms with Crippen molar-refractivity contribution in [2.24, 2.45) is 11.7 Å². The van der Waals surface area contributed by atoms with Gasteiger partial charge in [-0.05, 0) is 37.5 Å². The highest BCUT2D eigenvalue weighted by atomic mass is 16.5. The average molecular weight is 245 g/mol. The molecule has 0 aliphatic heterocycles. The molecule has 0 heterocycles. The van der Waals surface area contributed by atoms with Crippen LogP contribution in [-0.4, -0.2) is 18.9 Å². The molecule has 2 rings (SSSR count). The summed E-state index contributed by atoms with van der Waals surface area (Å²) in [6, 6.07) is 3.91. The lowest BCUT2D eigenvalue weighted by molar-refractivity contribution is 0.0939. The second-order valence-corrected chi connectivity index (χ2v) is 4.91. The number of hydrogen-bond donors (Lipinski definition) is 1. The summed E-state index contributed by atoms with van der Waals surface area (Å²) in [6.45, 7) is 3.94. The summed E-state index contributed by atoms with van der Waals surface area (Å²) in [4.78, 5) is 12.5. The van der Waals surface area contributed by atoms with E-state index in [9.17, 15) is 4.79 Å². The number of ketones is 1. The van der Waals surface area contributed by atoms with Gasteiger partial charge in [-0.1, -0.05) is 18.2 Å². The molecule has 2 atom stereocenters. The molecule has 1 aromatic carbocycles. The SMILES string of the molecule is COc1cc(C)cc(C)c1C(=O)C1C=CC(N)C1. The predicted octanol–water partition coefficient (Wildman–Crippen LogP) is 2.40. The van der Waals surface area contributed by atoms with Crippen LogP contribution in [0.25, 0.3) is 0 Å². The highest BCUT2D eigenvalue weighted by molar-refractivity contribution is 6.03. The Morgan fingerprint density at radius 2 is 2.06 bits per heavy atom. The maximum Gasteiger partial charge on any atom is 0.173 e. The van der Waals surface area contributed by atoms with E-state index < -0.39 is 0 Å². The lowest BCUT2D eigenvalue weighted by atomic mass is 9.92. The zero-order chi connectivity index (χ0) is 13.3. The number of nitrogens with two attached hydrogens (primary N) is 1. The van der Waals surface area contributed by atoms with Gasteiger partial charge in [-0.2, -0.15) is 0 Å². The number of benzene rings is 1. The second-order valence-electron chi connectivity index (χ2n) is 4.91. The van der Waals surface area contributed by atoms with Crippen LogP contribution in [-0.2, 0) is 0 Å². The lowest BCUT2D eigenvalue weighted by Crippen LogP contribution is -2.20. The van der Waals surface area contributed by atoms with Crippen LogP contribution >= 0.6 is 0 Å². The molecule has 96 valence electrons. The maximum absolute atomic E-state index is 12.5. The third-order valence-corrected chi connectivity index (χ3v) is 3.36. The molecule has 1 aliphatic rings. The Bertz CT molecular complexity index is 505. The largest absolute Gasteiger partial charge is 0.496 e. The Hall–Kier alpha value is -1.61. The molecule has 0 aromatic heterocycles. The van der Waals surface area contributed by atoms with E-state index in [0.29, 0.717) is 17.7 Å². The third-order valence-electron chi connectivity index (χ3n) is 3.36. The van der Waals surface area contributed by atoms with Gasteiger partial charge in [0, 0.05) is 12.0 Å². The first-order valence-corrected chi connectivity index (χ1v) is 6.16. The Kier molecular flexibility index (Phi) is 3.53. The fourth-order valence-electron chi connectivity index (χ4n) is 2.51. The number of allylic oxidation sites excluding steroid dienone is 1. The summed E-state index contributed by atoms with van der Waals surface area (Å²) in [5.41, 5.74) is 8.55. The van der Waals surface area contributed by atoms with Gasteiger partial charge >= 0.3 is 0 Å². The van der Waals surface area contributed by atoms with Crippen LogP contribution in [0.4, 0.5) is 0 Å². The maximum atomic E-state index is 12.5. The fourth-order valence-corrected chi connectivity index (χ4v) is 2.51. The zero-order valence-electron chi connectivity index (χ0n) is 11.1. The number of carbonyl (C=O) groups excluding carboxylic acids is 1. The summed E-state index contributed by atoms with van der Waals surface area (Å²) >= 11 is 0. The van der Waals surface area contributed by atoms with Crippen LogP contribution in [0.15, 0.2) is 24.3 Å². The van der Waals surface area contributed by atoms with Crippen molar-refractivity contribution >= 4 is 5.78 Å². The molecule has 2 N–H and O–H groups in total. The van der Waals surface area contributed by atoms with E-state index in [0.717, 1.165) is 11.1 Å². The highest BCUT2D eigenvalue weighted by Gasteiger charge is 2.27. The Balaban J connectivity index is 2.38. The minimum absolute atomic E-state index is 0.00398. The normalized spacial score (nSPS) is 22.2. The van der Waals surface area contributed by atoms with Crippen molar-refractivity contribution in [3.63, 3.8) is 0 Å². The van der Waals surface area contributed by atoms with E-state index in [1.54, 1.807) is 7.11 Å². The number of hydrogen-bond acceptors (Lipinski definition) is 3. The van der Waals surface area contributed by atoms with Crippen molar-refractivity contribution in [3.05, 3.63) is 41.0 Å². The molecule has 18 heavy (non-hydrogen) atoms. The molecule has 2 unspecified atom stereocenters. The number of aryl methyl sites for hydroxylation is 2. The summed E-state index contributed by atoms with van der Waals surface area (Å²) in [5.74, 6) is 0.648. The first kappa shape index (κ1) is 12.8.